The highest BCUT2D eigenvalue weighted by molar-refractivity contribution is 5.83. The Balaban J connectivity index is 1.57. The van der Waals surface area contributed by atoms with E-state index in [1.165, 1.54) is 16.3 Å². The number of fused-ring (bicyclic) bond motifs is 1. The summed E-state index contributed by atoms with van der Waals surface area (Å²) in [5.41, 5.74) is 6.83. The van der Waals surface area contributed by atoms with Gasteiger partial charge in [0, 0.05) is 19.6 Å². The van der Waals surface area contributed by atoms with Crippen molar-refractivity contribution >= 4 is 16.7 Å². The van der Waals surface area contributed by atoms with Gasteiger partial charge in [-0.05, 0) is 42.1 Å². The molecular formula is C20H27N3O. The average molecular weight is 325 g/mol. The molecule has 2 aromatic rings. The minimum absolute atomic E-state index is 0.0260. The second kappa shape index (κ2) is 8.27. The highest BCUT2D eigenvalue weighted by Gasteiger charge is 2.27. The summed E-state index contributed by atoms with van der Waals surface area (Å²) in [6, 6.07) is 15.0. The van der Waals surface area contributed by atoms with Crippen molar-refractivity contribution in [3.05, 3.63) is 48.0 Å². The molecule has 1 fully saturated rings. The number of piperazine rings is 1. The minimum atomic E-state index is -0.0260. The van der Waals surface area contributed by atoms with Gasteiger partial charge in [-0.25, -0.2) is 0 Å². The zero-order valence-electron chi connectivity index (χ0n) is 14.2. The molecule has 3 N–H and O–H groups in total. The van der Waals surface area contributed by atoms with E-state index in [9.17, 15) is 4.79 Å². The Morgan fingerprint density at radius 2 is 1.96 bits per heavy atom. The lowest BCUT2D eigenvalue weighted by atomic mass is 10.0. The number of hydrogen-bond donors (Lipinski definition) is 2. The van der Waals surface area contributed by atoms with Gasteiger partial charge in [0.15, 0.2) is 0 Å². The van der Waals surface area contributed by atoms with Gasteiger partial charge < -0.3 is 16.0 Å². The molecule has 4 heteroatoms. The number of unbranched alkanes of at least 4 members (excludes halogenated alkanes) is 1. The molecule has 1 atom stereocenters. The van der Waals surface area contributed by atoms with E-state index in [1.54, 1.807) is 0 Å². The van der Waals surface area contributed by atoms with Gasteiger partial charge >= 0.3 is 0 Å². The maximum absolute atomic E-state index is 12.6. The van der Waals surface area contributed by atoms with Gasteiger partial charge in [-0.1, -0.05) is 48.9 Å². The Kier molecular flexibility index (Phi) is 5.83. The first-order valence-corrected chi connectivity index (χ1v) is 8.98. The molecular weight excluding hydrogens is 298 g/mol. The summed E-state index contributed by atoms with van der Waals surface area (Å²) in [4.78, 5) is 14.6. The molecule has 0 aliphatic carbocycles. The van der Waals surface area contributed by atoms with Crippen molar-refractivity contribution in [3.63, 3.8) is 0 Å². The molecule has 0 spiro atoms. The van der Waals surface area contributed by atoms with E-state index in [0.29, 0.717) is 6.54 Å². The quantitative estimate of drug-likeness (QED) is 0.768. The Hall–Kier alpha value is -1.91. The van der Waals surface area contributed by atoms with Gasteiger partial charge in [-0.2, -0.15) is 0 Å². The molecule has 4 nitrogen and oxygen atoms in total. The third-order valence-corrected chi connectivity index (χ3v) is 4.81. The number of hydrogen-bond acceptors (Lipinski definition) is 3. The van der Waals surface area contributed by atoms with E-state index in [4.69, 9.17) is 5.73 Å². The van der Waals surface area contributed by atoms with Crippen molar-refractivity contribution in [2.45, 2.75) is 31.7 Å². The van der Waals surface area contributed by atoms with E-state index >= 15 is 0 Å². The molecule has 1 saturated heterocycles. The van der Waals surface area contributed by atoms with Crippen molar-refractivity contribution in [1.82, 2.24) is 10.2 Å². The predicted octanol–water partition coefficient (Wildman–Crippen LogP) is 2.31. The topological polar surface area (TPSA) is 58.4 Å². The van der Waals surface area contributed by atoms with Crippen LogP contribution >= 0.6 is 0 Å². The summed E-state index contributed by atoms with van der Waals surface area (Å²) in [5.74, 6) is 0.249. The predicted molar refractivity (Wildman–Crippen MR) is 98.9 cm³/mol. The van der Waals surface area contributed by atoms with Gasteiger partial charge in [0.1, 0.15) is 0 Å². The zero-order chi connectivity index (χ0) is 16.8. The van der Waals surface area contributed by atoms with Gasteiger partial charge in [-0.3, -0.25) is 4.79 Å². The molecule has 3 rings (SSSR count). The van der Waals surface area contributed by atoms with Crippen LogP contribution < -0.4 is 11.1 Å². The van der Waals surface area contributed by atoms with E-state index in [1.807, 2.05) is 4.90 Å². The maximum atomic E-state index is 12.6. The fourth-order valence-corrected chi connectivity index (χ4v) is 3.39. The molecule has 0 unspecified atom stereocenters. The summed E-state index contributed by atoms with van der Waals surface area (Å²) >= 11 is 0. The SMILES string of the molecule is NCCCC[C@@H]1NCCN(CCc2ccc3ccccc3c2)C1=O. The lowest BCUT2D eigenvalue weighted by Gasteiger charge is -2.33. The van der Waals surface area contributed by atoms with Gasteiger partial charge in [0.05, 0.1) is 6.04 Å². The number of rotatable bonds is 7. The van der Waals surface area contributed by atoms with Crippen molar-refractivity contribution in [1.29, 1.82) is 0 Å². The van der Waals surface area contributed by atoms with Gasteiger partial charge in [0.2, 0.25) is 5.91 Å². The van der Waals surface area contributed by atoms with Gasteiger partial charge in [-0.15, -0.1) is 0 Å². The number of carbonyl (C=O) groups is 1. The highest BCUT2D eigenvalue weighted by Crippen LogP contribution is 2.17. The van der Waals surface area contributed by atoms with E-state index in [-0.39, 0.29) is 11.9 Å². The van der Waals surface area contributed by atoms with Crippen LogP contribution in [0.1, 0.15) is 24.8 Å². The van der Waals surface area contributed by atoms with Gasteiger partial charge in [0.25, 0.3) is 0 Å². The first kappa shape index (κ1) is 16.9. The number of nitrogens with two attached hydrogens (primary N) is 1. The van der Waals surface area contributed by atoms with Crippen molar-refractivity contribution in [2.24, 2.45) is 5.73 Å². The first-order chi connectivity index (χ1) is 11.8. The largest absolute Gasteiger partial charge is 0.340 e. The summed E-state index contributed by atoms with van der Waals surface area (Å²) in [6.07, 6.45) is 3.80. The van der Waals surface area contributed by atoms with Crippen molar-refractivity contribution in [3.8, 4) is 0 Å². The number of amides is 1. The molecule has 1 heterocycles. The lowest BCUT2D eigenvalue weighted by Crippen LogP contribution is -2.55. The van der Waals surface area contributed by atoms with Crippen LogP contribution in [0, 0.1) is 0 Å². The molecule has 24 heavy (non-hydrogen) atoms. The monoisotopic (exact) mass is 325 g/mol. The van der Waals surface area contributed by atoms with Crippen molar-refractivity contribution < 1.29 is 4.79 Å². The second-order valence-corrected chi connectivity index (χ2v) is 6.55. The lowest BCUT2D eigenvalue weighted by molar-refractivity contribution is -0.135. The number of nitrogens with zero attached hydrogens (tertiary/aromatic N) is 1. The van der Waals surface area contributed by atoms with E-state index in [2.05, 4.69) is 47.8 Å². The average Bonchev–Trinajstić information content (AvgIpc) is 2.62. The van der Waals surface area contributed by atoms with Crippen LogP contribution in [-0.4, -0.2) is 43.0 Å². The number of carbonyl (C=O) groups excluding carboxylic acids is 1. The molecule has 1 amide bonds. The molecule has 0 saturated carbocycles. The fraction of sp³-hybridized carbons (Fsp3) is 0.450. The third kappa shape index (κ3) is 4.13. The first-order valence-electron chi connectivity index (χ1n) is 8.98. The zero-order valence-corrected chi connectivity index (χ0v) is 14.2. The maximum Gasteiger partial charge on any atom is 0.239 e. The molecule has 0 radical (unpaired) electrons. The van der Waals surface area contributed by atoms with Crippen LogP contribution in [0.5, 0.6) is 0 Å². The molecule has 1 aliphatic rings. The highest BCUT2D eigenvalue weighted by atomic mass is 16.2. The van der Waals surface area contributed by atoms with E-state index in [0.717, 1.165) is 45.3 Å². The number of nitrogens with one attached hydrogen (secondary N) is 1. The Labute approximate surface area is 144 Å². The summed E-state index contributed by atoms with van der Waals surface area (Å²) in [5, 5.41) is 5.88. The fourth-order valence-electron chi connectivity index (χ4n) is 3.39. The molecule has 2 aromatic carbocycles. The van der Waals surface area contributed by atoms with Crippen LogP contribution in [0.2, 0.25) is 0 Å². The summed E-state index contributed by atoms with van der Waals surface area (Å²) in [6.45, 7) is 3.19. The smallest absolute Gasteiger partial charge is 0.239 e. The Morgan fingerprint density at radius 3 is 2.79 bits per heavy atom. The normalized spacial score (nSPS) is 18.3. The summed E-state index contributed by atoms with van der Waals surface area (Å²) < 4.78 is 0. The third-order valence-electron chi connectivity index (χ3n) is 4.81. The standard InChI is InChI=1S/C20H27N3O/c21-11-4-3-7-19-20(24)23(14-12-22-19)13-10-16-8-9-17-5-1-2-6-18(17)15-16/h1-2,5-6,8-9,15,19,22H,3-4,7,10-14,21H2/t19-/m0/s1. The minimum Gasteiger partial charge on any atom is -0.340 e. The Morgan fingerprint density at radius 1 is 1.12 bits per heavy atom. The van der Waals surface area contributed by atoms with Crippen LogP contribution in [0.3, 0.4) is 0 Å². The molecule has 128 valence electrons. The van der Waals surface area contributed by atoms with Crippen LogP contribution in [0.4, 0.5) is 0 Å². The van der Waals surface area contributed by atoms with Crippen LogP contribution in [0.15, 0.2) is 42.5 Å². The number of benzene rings is 2. The van der Waals surface area contributed by atoms with Crippen LogP contribution in [-0.2, 0) is 11.2 Å². The Bertz CT molecular complexity index is 685. The van der Waals surface area contributed by atoms with E-state index < -0.39 is 0 Å². The second-order valence-electron chi connectivity index (χ2n) is 6.55. The van der Waals surface area contributed by atoms with Crippen LogP contribution in [0.25, 0.3) is 10.8 Å². The van der Waals surface area contributed by atoms with Crippen molar-refractivity contribution in [2.75, 3.05) is 26.2 Å². The molecule has 1 aliphatic heterocycles. The molecule has 0 bridgehead atoms. The molecule has 0 aromatic heterocycles. The summed E-state index contributed by atoms with van der Waals surface area (Å²) in [7, 11) is 0.